The highest BCUT2D eigenvalue weighted by Gasteiger charge is 2.20. The first kappa shape index (κ1) is 13.4. The molecule has 18 heavy (non-hydrogen) atoms. The summed E-state index contributed by atoms with van der Waals surface area (Å²) < 4.78 is 11.2. The normalized spacial score (nSPS) is 14.8. The fourth-order valence-electron chi connectivity index (χ4n) is 1.95. The van der Waals surface area contributed by atoms with Crippen molar-refractivity contribution < 1.29 is 9.47 Å². The minimum atomic E-state index is 0.620. The molecule has 0 atom stereocenters. The topological polar surface area (TPSA) is 30.5 Å². The van der Waals surface area contributed by atoms with Gasteiger partial charge in [0.15, 0.2) is 0 Å². The van der Waals surface area contributed by atoms with Crippen LogP contribution in [0.15, 0.2) is 18.2 Å². The summed E-state index contributed by atoms with van der Waals surface area (Å²) in [5.74, 6) is 1.02. The van der Waals surface area contributed by atoms with Crippen molar-refractivity contribution >= 4 is 0 Å². The molecule has 1 aromatic carbocycles. The number of rotatable bonds is 8. The predicted octanol–water partition coefficient (Wildman–Crippen LogP) is 2.66. The second-order valence-corrected chi connectivity index (χ2v) is 4.76. The molecule has 1 fully saturated rings. The number of para-hydroxylation sites is 1. The maximum absolute atomic E-state index is 5.86. The standard InChI is InChI=1S/C15H23NO2/c1-3-17-9-10-18-15-12(2)5-4-6-13(15)11-16-14-7-8-14/h4-6,14,16H,3,7-11H2,1-2H3. The lowest BCUT2D eigenvalue weighted by molar-refractivity contribution is 0.109. The Balaban J connectivity index is 1.91. The van der Waals surface area contributed by atoms with Crippen LogP contribution in [0.5, 0.6) is 5.75 Å². The van der Waals surface area contributed by atoms with Gasteiger partial charge >= 0.3 is 0 Å². The summed E-state index contributed by atoms with van der Waals surface area (Å²) in [6, 6.07) is 7.05. The van der Waals surface area contributed by atoms with Gasteiger partial charge in [0, 0.05) is 24.8 Å². The molecular formula is C15H23NO2. The highest BCUT2D eigenvalue weighted by atomic mass is 16.5. The molecule has 2 rings (SSSR count). The molecule has 3 nitrogen and oxygen atoms in total. The van der Waals surface area contributed by atoms with Crippen molar-refractivity contribution in [3.8, 4) is 5.75 Å². The molecule has 0 bridgehead atoms. The van der Waals surface area contributed by atoms with Crippen LogP contribution in [0.4, 0.5) is 0 Å². The Hall–Kier alpha value is -1.06. The van der Waals surface area contributed by atoms with E-state index in [1.54, 1.807) is 0 Å². The minimum absolute atomic E-state index is 0.620. The molecule has 3 heteroatoms. The maximum Gasteiger partial charge on any atom is 0.126 e. The molecule has 0 aromatic heterocycles. The van der Waals surface area contributed by atoms with Gasteiger partial charge in [-0.1, -0.05) is 18.2 Å². The van der Waals surface area contributed by atoms with Crippen molar-refractivity contribution in [2.45, 2.75) is 39.3 Å². The zero-order valence-electron chi connectivity index (χ0n) is 11.4. The van der Waals surface area contributed by atoms with E-state index in [1.807, 2.05) is 6.92 Å². The van der Waals surface area contributed by atoms with Crippen molar-refractivity contribution in [2.24, 2.45) is 0 Å². The van der Waals surface area contributed by atoms with Crippen LogP contribution in [0, 0.1) is 6.92 Å². The van der Waals surface area contributed by atoms with Crippen LogP contribution < -0.4 is 10.1 Å². The number of nitrogens with one attached hydrogen (secondary N) is 1. The van der Waals surface area contributed by atoms with Crippen molar-refractivity contribution in [3.05, 3.63) is 29.3 Å². The van der Waals surface area contributed by atoms with E-state index < -0.39 is 0 Å². The van der Waals surface area contributed by atoms with Gasteiger partial charge in [-0.15, -0.1) is 0 Å². The third kappa shape index (κ3) is 4.00. The molecule has 100 valence electrons. The van der Waals surface area contributed by atoms with Crippen LogP contribution >= 0.6 is 0 Å². The summed E-state index contributed by atoms with van der Waals surface area (Å²) in [6.07, 6.45) is 2.62. The zero-order valence-corrected chi connectivity index (χ0v) is 11.4. The van der Waals surface area contributed by atoms with E-state index in [4.69, 9.17) is 9.47 Å². The molecule has 0 unspecified atom stereocenters. The molecular weight excluding hydrogens is 226 g/mol. The Morgan fingerprint density at radius 3 is 2.83 bits per heavy atom. The predicted molar refractivity (Wildman–Crippen MR) is 73.0 cm³/mol. The van der Waals surface area contributed by atoms with Gasteiger partial charge in [-0.05, 0) is 32.3 Å². The summed E-state index contributed by atoms with van der Waals surface area (Å²) in [5, 5.41) is 3.53. The molecule has 1 saturated carbocycles. The van der Waals surface area contributed by atoms with E-state index in [0.717, 1.165) is 24.9 Å². The van der Waals surface area contributed by atoms with Gasteiger partial charge in [-0.25, -0.2) is 0 Å². The first-order chi connectivity index (χ1) is 8.81. The summed E-state index contributed by atoms with van der Waals surface area (Å²) in [7, 11) is 0. The number of hydrogen-bond acceptors (Lipinski definition) is 3. The smallest absolute Gasteiger partial charge is 0.126 e. The Labute approximate surface area is 109 Å². The summed E-state index contributed by atoms with van der Waals surface area (Å²) in [4.78, 5) is 0. The average molecular weight is 249 g/mol. The van der Waals surface area contributed by atoms with Crippen LogP contribution in [-0.4, -0.2) is 25.9 Å². The SMILES string of the molecule is CCOCCOc1c(C)cccc1CNC1CC1. The maximum atomic E-state index is 5.86. The summed E-state index contributed by atoms with van der Waals surface area (Å²) >= 11 is 0. The van der Waals surface area contributed by atoms with Gasteiger partial charge in [0.25, 0.3) is 0 Å². The van der Waals surface area contributed by atoms with Crippen molar-refractivity contribution in [1.82, 2.24) is 5.32 Å². The number of benzene rings is 1. The lowest BCUT2D eigenvalue weighted by Crippen LogP contribution is -2.17. The van der Waals surface area contributed by atoms with E-state index in [-0.39, 0.29) is 0 Å². The van der Waals surface area contributed by atoms with Gasteiger partial charge in [0.1, 0.15) is 12.4 Å². The van der Waals surface area contributed by atoms with E-state index >= 15 is 0 Å². The number of aryl methyl sites for hydroxylation is 1. The van der Waals surface area contributed by atoms with Crippen LogP contribution in [0.1, 0.15) is 30.9 Å². The number of ether oxygens (including phenoxy) is 2. The Bertz CT molecular complexity index is 375. The fraction of sp³-hybridized carbons (Fsp3) is 0.600. The van der Waals surface area contributed by atoms with Gasteiger partial charge < -0.3 is 14.8 Å². The summed E-state index contributed by atoms with van der Waals surface area (Å²) in [6.45, 7) is 7.01. The van der Waals surface area contributed by atoms with E-state index in [1.165, 1.54) is 24.0 Å². The average Bonchev–Trinajstić information content (AvgIpc) is 3.18. The lowest BCUT2D eigenvalue weighted by Gasteiger charge is -2.14. The monoisotopic (exact) mass is 249 g/mol. The highest BCUT2D eigenvalue weighted by Crippen LogP contribution is 2.25. The van der Waals surface area contributed by atoms with E-state index in [2.05, 4.69) is 30.4 Å². The van der Waals surface area contributed by atoms with Gasteiger partial charge in [-0.3, -0.25) is 0 Å². The highest BCUT2D eigenvalue weighted by molar-refractivity contribution is 5.40. The molecule has 1 aliphatic rings. The van der Waals surface area contributed by atoms with E-state index in [0.29, 0.717) is 13.2 Å². The minimum Gasteiger partial charge on any atom is -0.491 e. The first-order valence-electron chi connectivity index (χ1n) is 6.83. The summed E-state index contributed by atoms with van der Waals surface area (Å²) in [5.41, 5.74) is 2.44. The fourth-order valence-corrected chi connectivity index (χ4v) is 1.95. The first-order valence-corrected chi connectivity index (χ1v) is 6.83. The Kier molecular flexibility index (Phi) is 5.02. The second kappa shape index (κ2) is 6.76. The second-order valence-electron chi connectivity index (χ2n) is 4.76. The number of hydrogen-bond donors (Lipinski definition) is 1. The van der Waals surface area contributed by atoms with Crippen LogP contribution in [0.3, 0.4) is 0 Å². The zero-order chi connectivity index (χ0) is 12.8. The van der Waals surface area contributed by atoms with Crippen molar-refractivity contribution in [1.29, 1.82) is 0 Å². The van der Waals surface area contributed by atoms with Crippen LogP contribution in [-0.2, 0) is 11.3 Å². The molecule has 0 spiro atoms. The quantitative estimate of drug-likeness (QED) is 0.718. The van der Waals surface area contributed by atoms with Crippen molar-refractivity contribution in [2.75, 3.05) is 19.8 Å². The molecule has 0 aliphatic heterocycles. The van der Waals surface area contributed by atoms with Gasteiger partial charge in [-0.2, -0.15) is 0 Å². The molecule has 0 amide bonds. The Morgan fingerprint density at radius 1 is 1.28 bits per heavy atom. The van der Waals surface area contributed by atoms with Gasteiger partial charge in [0.2, 0.25) is 0 Å². The van der Waals surface area contributed by atoms with Crippen LogP contribution in [0.2, 0.25) is 0 Å². The lowest BCUT2D eigenvalue weighted by atomic mass is 10.1. The third-order valence-electron chi connectivity index (χ3n) is 3.13. The third-order valence-corrected chi connectivity index (χ3v) is 3.13. The molecule has 1 aliphatic carbocycles. The largest absolute Gasteiger partial charge is 0.491 e. The molecule has 1 aromatic rings. The molecule has 0 radical (unpaired) electrons. The molecule has 1 N–H and O–H groups in total. The van der Waals surface area contributed by atoms with Crippen molar-refractivity contribution in [3.63, 3.8) is 0 Å². The van der Waals surface area contributed by atoms with E-state index in [9.17, 15) is 0 Å². The van der Waals surface area contributed by atoms with Gasteiger partial charge in [0.05, 0.1) is 6.61 Å². The molecule has 0 saturated heterocycles. The van der Waals surface area contributed by atoms with Crippen LogP contribution in [0.25, 0.3) is 0 Å². The molecule has 0 heterocycles. The Morgan fingerprint density at radius 2 is 2.11 bits per heavy atom.